The van der Waals surface area contributed by atoms with E-state index in [1.54, 1.807) is 0 Å². The molecule has 0 radical (unpaired) electrons. The van der Waals surface area contributed by atoms with Gasteiger partial charge in [0.2, 0.25) is 0 Å². The van der Waals surface area contributed by atoms with Crippen LogP contribution in [0.25, 0.3) is 49.9 Å². The Morgan fingerprint density at radius 1 is 0.396 bits per heavy atom. The number of nitrogens with one attached hydrogen (secondary N) is 1. The zero-order chi connectivity index (χ0) is 34.9. The first-order valence-corrected chi connectivity index (χ1v) is 18.4. The van der Waals surface area contributed by atoms with Crippen LogP contribution in [-0.4, -0.2) is 5.84 Å². The van der Waals surface area contributed by atoms with Crippen LogP contribution in [0.5, 0.6) is 0 Å². The SMILES string of the molecule is C1=C(c2ccc(-c3ccccc3)cc2)NC(c2ccc3ccccc3c2)=NC1c1ccc2c(c1)C1(c3ccccc3-c3ccccc31)c1ccccc1-2. The van der Waals surface area contributed by atoms with Crippen LogP contribution in [0.15, 0.2) is 199 Å². The second-order valence-corrected chi connectivity index (χ2v) is 14.3. The zero-order valence-electron chi connectivity index (χ0n) is 29.0. The fraction of sp³-hybridized carbons (Fsp3) is 0.0392. The standard InChI is InChI=1S/C51H34N2/c1-2-12-33(13-3-1)35-22-25-36(26-23-35)48-32-49(53-50(52-48)39-27-24-34-14-4-5-15-37(34)30-39)38-28-29-43-42-18-8-11-21-46(42)51(47(43)31-38)44-19-9-6-16-40(44)41-17-7-10-20-45(41)51/h1-32,49H,(H,52,53). The van der Waals surface area contributed by atoms with Crippen molar-refractivity contribution in [2.75, 3.05) is 0 Å². The van der Waals surface area contributed by atoms with E-state index >= 15 is 0 Å². The molecule has 3 aliphatic rings. The molecular weight excluding hydrogens is 641 g/mol. The van der Waals surface area contributed by atoms with Gasteiger partial charge in [0.25, 0.3) is 0 Å². The lowest BCUT2D eigenvalue weighted by atomic mass is 9.70. The molecule has 1 N–H and O–H groups in total. The predicted molar refractivity (Wildman–Crippen MR) is 219 cm³/mol. The van der Waals surface area contributed by atoms with Gasteiger partial charge in [0, 0.05) is 11.3 Å². The number of nitrogens with zero attached hydrogens (tertiary/aromatic N) is 1. The minimum absolute atomic E-state index is 0.195. The van der Waals surface area contributed by atoms with E-state index in [1.807, 2.05) is 0 Å². The summed E-state index contributed by atoms with van der Waals surface area (Å²) in [7, 11) is 0. The maximum absolute atomic E-state index is 5.48. The minimum atomic E-state index is -0.396. The van der Waals surface area contributed by atoms with Crippen molar-refractivity contribution in [1.29, 1.82) is 0 Å². The van der Waals surface area contributed by atoms with Gasteiger partial charge in [-0.3, -0.25) is 4.99 Å². The second-order valence-electron chi connectivity index (χ2n) is 14.3. The number of amidine groups is 1. The van der Waals surface area contributed by atoms with E-state index in [0.29, 0.717) is 0 Å². The van der Waals surface area contributed by atoms with Gasteiger partial charge in [-0.15, -0.1) is 0 Å². The summed E-state index contributed by atoms with van der Waals surface area (Å²) in [5, 5.41) is 6.18. The van der Waals surface area contributed by atoms with Crippen molar-refractivity contribution in [2.45, 2.75) is 11.5 Å². The number of hydrogen-bond donors (Lipinski definition) is 1. The summed E-state index contributed by atoms with van der Waals surface area (Å²) in [6, 6.07) is 68.5. The molecule has 0 amide bonds. The summed E-state index contributed by atoms with van der Waals surface area (Å²) >= 11 is 0. The molecular formula is C51H34N2. The van der Waals surface area contributed by atoms with Gasteiger partial charge >= 0.3 is 0 Å². The Balaban J connectivity index is 1.09. The Bertz CT molecular complexity index is 2740. The van der Waals surface area contributed by atoms with Gasteiger partial charge in [0.05, 0.1) is 11.5 Å². The average Bonchev–Trinajstić information content (AvgIpc) is 3.71. The molecule has 0 aromatic heterocycles. The maximum atomic E-state index is 5.48. The summed E-state index contributed by atoms with van der Waals surface area (Å²) in [6.07, 6.45) is 2.30. The van der Waals surface area contributed by atoms with E-state index in [9.17, 15) is 0 Å². The third-order valence-electron chi connectivity index (χ3n) is 11.5. The Hall–Kier alpha value is -6.77. The van der Waals surface area contributed by atoms with Crippen LogP contribution in [0.1, 0.15) is 45.0 Å². The molecule has 248 valence electrons. The van der Waals surface area contributed by atoms with E-state index in [2.05, 4.69) is 199 Å². The third kappa shape index (κ3) is 4.49. The van der Waals surface area contributed by atoms with Gasteiger partial charge in [-0.2, -0.15) is 0 Å². The van der Waals surface area contributed by atoms with Gasteiger partial charge in [-0.1, -0.05) is 182 Å². The van der Waals surface area contributed by atoms with Crippen LogP contribution in [0, 0.1) is 0 Å². The molecule has 1 unspecified atom stereocenters. The molecule has 1 heterocycles. The highest BCUT2D eigenvalue weighted by molar-refractivity contribution is 6.07. The van der Waals surface area contributed by atoms with E-state index in [4.69, 9.17) is 4.99 Å². The molecule has 0 saturated heterocycles. The molecule has 2 aliphatic carbocycles. The quantitative estimate of drug-likeness (QED) is 0.197. The first-order valence-electron chi connectivity index (χ1n) is 18.4. The van der Waals surface area contributed by atoms with Gasteiger partial charge in [-0.05, 0) is 89.7 Å². The van der Waals surface area contributed by atoms with Gasteiger partial charge in [0.15, 0.2) is 0 Å². The number of rotatable bonds is 4. The Labute approximate surface area is 309 Å². The molecule has 11 rings (SSSR count). The molecule has 2 heteroatoms. The average molecular weight is 675 g/mol. The Kier molecular flexibility index (Phi) is 6.56. The van der Waals surface area contributed by atoms with Crippen molar-refractivity contribution in [3.05, 3.63) is 233 Å². The largest absolute Gasteiger partial charge is 0.340 e. The van der Waals surface area contributed by atoms with E-state index < -0.39 is 5.41 Å². The fourth-order valence-corrected chi connectivity index (χ4v) is 9.13. The van der Waals surface area contributed by atoms with Crippen LogP contribution >= 0.6 is 0 Å². The smallest absolute Gasteiger partial charge is 0.133 e. The predicted octanol–water partition coefficient (Wildman–Crippen LogP) is 12.0. The van der Waals surface area contributed by atoms with Crippen LogP contribution < -0.4 is 5.32 Å². The summed E-state index contributed by atoms with van der Waals surface area (Å²) in [5.41, 5.74) is 17.1. The van der Waals surface area contributed by atoms with E-state index in [0.717, 1.165) is 22.7 Å². The Morgan fingerprint density at radius 2 is 0.925 bits per heavy atom. The first-order chi connectivity index (χ1) is 26.3. The molecule has 2 nitrogen and oxygen atoms in total. The van der Waals surface area contributed by atoms with E-state index in [-0.39, 0.29) is 6.04 Å². The second kappa shape index (κ2) is 11.6. The number of aliphatic imine (C=N–C) groups is 1. The molecule has 1 atom stereocenters. The molecule has 1 aliphatic heterocycles. The third-order valence-corrected chi connectivity index (χ3v) is 11.5. The summed E-state index contributed by atoms with van der Waals surface area (Å²) in [4.78, 5) is 5.48. The summed E-state index contributed by atoms with van der Waals surface area (Å²) in [6.45, 7) is 0. The van der Waals surface area contributed by atoms with E-state index in [1.165, 1.54) is 72.0 Å². The van der Waals surface area contributed by atoms with Crippen LogP contribution in [0.3, 0.4) is 0 Å². The van der Waals surface area contributed by atoms with Gasteiger partial charge < -0.3 is 5.32 Å². The highest BCUT2D eigenvalue weighted by Gasteiger charge is 2.51. The van der Waals surface area contributed by atoms with Crippen molar-refractivity contribution in [3.63, 3.8) is 0 Å². The van der Waals surface area contributed by atoms with Crippen molar-refractivity contribution >= 4 is 22.3 Å². The minimum Gasteiger partial charge on any atom is -0.340 e. The van der Waals surface area contributed by atoms with Crippen molar-refractivity contribution < 1.29 is 0 Å². The highest BCUT2D eigenvalue weighted by atomic mass is 15.0. The summed E-state index contributed by atoms with van der Waals surface area (Å²) in [5.74, 6) is 0.875. The van der Waals surface area contributed by atoms with Gasteiger partial charge in [-0.25, -0.2) is 0 Å². The highest BCUT2D eigenvalue weighted by Crippen LogP contribution is 2.62. The lowest BCUT2D eigenvalue weighted by Crippen LogP contribution is -2.28. The van der Waals surface area contributed by atoms with Crippen molar-refractivity contribution in [2.24, 2.45) is 4.99 Å². The van der Waals surface area contributed by atoms with Crippen molar-refractivity contribution in [3.8, 4) is 33.4 Å². The lowest BCUT2D eigenvalue weighted by molar-refractivity contribution is 0.786. The number of fused-ring (bicyclic) bond motifs is 11. The molecule has 0 saturated carbocycles. The molecule has 0 bridgehead atoms. The normalized spacial score (nSPS) is 15.9. The number of hydrogen-bond acceptors (Lipinski definition) is 2. The Morgan fingerprint density at radius 3 is 1.60 bits per heavy atom. The monoisotopic (exact) mass is 674 g/mol. The van der Waals surface area contributed by atoms with Crippen LogP contribution in [-0.2, 0) is 5.41 Å². The number of benzene rings is 8. The molecule has 8 aromatic carbocycles. The zero-order valence-corrected chi connectivity index (χ0v) is 29.0. The van der Waals surface area contributed by atoms with Gasteiger partial charge in [0.1, 0.15) is 5.84 Å². The lowest BCUT2D eigenvalue weighted by Gasteiger charge is -2.31. The maximum Gasteiger partial charge on any atom is 0.133 e. The molecule has 53 heavy (non-hydrogen) atoms. The molecule has 8 aromatic rings. The van der Waals surface area contributed by atoms with Crippen LogP contribution in [0.4, 0.5) is 0 Å². The molecule has 1 spiro atoms. The van der Waals surface area contributed by atoms with Crippen molar-refractivity contribution in [1.82, 2.24) is 5.32 Å². The van der Waals surface area contributed by atoms with Crippen LogP contribution in [0.2, 0.25) is 0 Å². The first kappa shape index (κ1) is 29.9. The molecule has 0 fully saturated rings. The summed E-state index contributed by atoms with van der Waals surface area (Å²) < 4.78 is 0. The fourth-order valence-electron chi connectivity index (χ4n) is 9.13. The topological polar surface area (TPSA) is 24.4 Å².